The van der Waals surface area contributed by atoms with Crippen molar-refractivity contribution in [1.82, 2.24) is 9.55 Å². The van der Waals surface area contributed by atoms with Gasteiger partial charge < -0.3 is 0 Å². The van der Waals surface area contributed by atoms with E-state index in [0.717, 1.165) is 5.56 Å². The molecule has 0 radical (unpaired) electrons. The molecule has 0 saturated carbocycles. The van der Waals surface area contributed by atoms with Gasteiger partial charge in [0.25, 0.3) is 11.2 Å². The molecule has 2 aromatic carbocycles. The first-order chi connectivity index (χ1) is 12.5. The van der Waals surface area contributed by atoms with Crippen LogP contribution in [-0.2, 0) is 6.54 Å². The lowest BCUT2D eigenvalue weighted by Gasteiger charge is -2.13. The van der Waals surface area contributed by atoms with Gasteiger partial charge >= 0.3 is 0 Å². The van der Waals surface area contributed by atoms with Crippen molar-refractivity contribution in [2.24, 2.45) is 4.99 Å². The molecule has 0 bridgehead atoms. The van der Waals surface area contributed by atoms with Crippen molar-refractivity contribution < 1.29 is 4.92 Å². The maximum absolute atomic E-state index is 12.6. The summed E-state index contributed by atoms with van der Waals surface area (Å²) in [6.45, 7) is 1.97. The standard InChI is InChI=1S/C19H14N4O3/c1-12-9-18(24)22-16-8-7-14(23(25)26)10-15(16)19(20-11-17(22)21-12)13-5-3-2-4-6-13/h2-10H,11H2,1H3. The minimum atomic E-state index is -0.454. The van der Waals surface area contributed by atoms with Gasteiger partial charge in [-0.15, -0.1) is 0 Å². The molecule has 1 aliphatic rings. The number of nitro benzene ring substituents is 1. The third kappa shape index (κ3) is 2.59. The summed E-state index contributed by atoms with van der Waals surface area (Å²) in [6, 6.07) is 15.3. The van der Waals surface area contributed by atoms with Gasteiger partial charge in [0.05, 0.1) is 22.9 Å². The lowest BCUT2D eigenvalue weighted by atomic mass is 10.00. The summed E-state index contributed by atoms with van der Waals surface area (Å²) in [4.78, 5) is 32.5. The fraction of sp³-hybridized carbons (Fsp3) is 0.105. The van der Waals surface area contributed by atoms with Gasteiger partial charge in [-0.2, -0.15) is 0 Å². The summed E-state index contributed by atoms with van der Waals surface area (Å²) < 4.78 is 1.48. The molecule has 7 heteroatoms. The topological polar surface area (TPSA) is 90.4 Å². The third-order valence-corrected chi connectivity index (χ3v) is 4.23. The zero-order chi connectivity index (χ0) is 18.3. The number of non-ortho nitro benzene ring substituents is 1. The minimum Gasteiger partial charge on any atom is -0.276 e. The molecule has 0 N–H and O–H groups in total. The first-order valence-electron chi connectivity index (χ1n) is 8.03. The number of hydrogen-bond acceptors (Lipinski definition) is 5. The van der Waals surface area contributed by atoms with Crippen LogP contribution in [0.4, 0.5) is 5.69 Å². The van der Waals surface area contributed by atoms with E-state index in [1.165, 1.54) is 22.8 Å². The average Bonchev–Trinajstić information content (AvgIpc) is 2.78. The van der Waals surface area contributed by atoms with Gasteiger partial charge in [0.1, 0.15) is 5.82 Å². The van der Waals surface area contributed by atoms with Gasteiger partial charge in [-0.05, 0) is 13.0 Å². The molecule has 0 unspecified atom stereocenters. The highest BCUT2D eigenvalue weighted by atomic mass is 16.6. The van der Waals surface area contributed by atoms with Crippen LogP contribution in [-0.4, -0.2) is 20.2 Å². The van der Waals surface area contributed by atoms with E-state index in [-0.39, 0.29) is 17.8 Å². The lowest BCUT2D eigenvalue weighted by Crippen LogP contribution is -2.23. The van der Waals surface area contributed by atoms with Crippen molar-refractivity contribution in [3.8, 4) is 5.69 Å². The van der Waals surface area contributed by atoms with Crippen LogP contribution < -0.4 is 5.56 Å². The maximum atomic E-state index is 12.6. The zero-order valence-corrected chi connectivity index (χ0v) is 13.9. The Morgan fingerprint density at radius 2 is 1.88 bits per heavy atom. The van der Waals surface area contributed by atoms with E-state index in [2.05, 4.69) is 9.98 Å². The molecule has 128 valence electrons. The molecule has 0 spiro atoms. The van der Waals surface area contributed by atoms with Crippen molar-refractivity contribution in [1.29, 1.82) is 0 Å². The Kier molecular flexibility index (Phi) is 3.69. The van der Waals surface area contributed by atoms with Crippen LogP contribution in [0.15, 0.2) is 64.4 Å². The Balaban J connectivity index is 2.06. The van der Waals surface area contributed by atoms with Crippen molar-refractivity contribution in [3.05, 3.63) is 97.7 Å². The SMILES string of the molecule is Cc1cc(=O)n2c(n1)CN=C(c1ccccc1)c1cc([N+](=O)[O-])ccc1-2. The molecule has 4 rings (SSSR count). The highest BCUT2D eigenvalue weighted by Crippen LogP contribution is 2.27. The smallest absolute Gasteiger partial charge is 0.270 e. The van der Waals surface area contributed by atoms with Crippen LogP contribution in [0, 0.1) is 17.0 Å². The Hall–Kier alpha value is -3.61. The molecule has 7 nitrogen and oxygen atoms in total. The van der Waals surface area contributed by atoms with Crippen LogP contribution in [0.2, 0.25) is 0 Å². The number of nitrogens with zero attached hydrogens (tertiary/aromatic N) is 4. The van der Waals surface area contributed by atoms with Crippen LogP contribution in [0.3, 0.4) is 0 Å². The van der Waals surface area contributed by atoms with E-state index in [9.17, 15) is 14.9 Å². The molecule has 3 aromatic rings. The van der Waals surface area contributed by atoms with Crippen molar-refractivity contribution in [2.75, 3.05) is 0 Å². The predicted molar refractivity (Wildman–Crippen MR) is 97.0 cm³/mol. The second kappa shape index (κ2) is 6.03. The quantitative estimate of drug-likeness (QED) is 0.527. The zero-order valence-electron chi connectivity index (χ0n) is 13.9. The first-order valence-corrected chi connectivity index (χ1v) is 8.03. The summed E-state index contributed by atoms with van der Waals surface area (Å²) in [5.41, 5.74) is 2.85. The number of fused-ring (bicyclic) bond motifs is 3. The van der Waals surface area contributed by atoms with E-state index < -0.39 is 4.92 Å². The average molecular weight is 346 g/mol. The number of rotatable bonds is 2. The highest BCUT2D eigenvalue weighted by molar-refractivity contribution is 6.15. The van der Waals surface area contributed by atoms with Gasteiger partial charge in [0, 0.05) is 35.0 Å². The summed E-state index contributed by atoms with van der Waals surface area (Å²) >= 11 is 0. The summed E-state index contributed by atoms with van der Waals surface area (Å²) in [7, 11) is 0. The molecule has 0 fully saturated rings. The van der Waals surface area contributed by atoms with Gasteiger partial charge in [-0.1, -0.05) is 30.3 Å². The summed E-state index contributed by atoms with van der Waals surface area (Å²) in [6.07, 6.45) is 0. The number of nitro groups is 1. The molecule has 0 saturated heterocycles. The molecular weight excluding hydrogens is 332 g/mol. The summed E-state index contributed by atoms with van der Waals surface area (Å²) in [5.74, 6) is 0.510. The molecule has 1 aromatic heterocycles. The third-order valence-electron chi connectivity index (χ3n) is 4.23. The lowest BCUT2D eigenvalue weighted by molar-refractivity contribution is -0.384. The van der Waals surface area contributed by atoms with Crippen LogP contribution in [0.1, 0.15) is 22.6 Å². The molecule has 0 atom stereocenters. The van der Waals surface area contributed by atoms with Crippen molar-refractivity contribution in [2.45, 2.75) is 13.5 Å². The van der Waals surface area contributed by atoms with E-state index >= 15 is 0 Å². The fourth-order valence-electron chi connectivity index (χ4n) is 3.12. The number of aliphatic imine (C=N–C) groups is 1. The largest absolute Gasteiger partial charge is 0.276 e. The van der Waals surface area contributed by atoms with Crippen molar-refractivity contribution in [3.63, 3.8) is 0 Å². The molecule has 0 aliphatic carbocycles. The number of hydrogen-bond donors (Lipinski definition) is 0. The van der Waals surface area contributed by atoms with Crippen LogP contribution >= 0.6 is 0 Å². The predicted octanol–water partition coefficient (Wildman–Crippen LogP) is 2.80. The van der Waals surface area contributed by atoms with E-state index in [1.54, 1.807) is 13.0 Å². The van der Waals surface area contributed by atoms with E-state index in [4.69, 9.17) is 0 Å². The molecule has 1 aliphatic heterocycles. The number of aryl methyl sites for hydroxylation is 1. The second-order valence-electron chi connectivity index (χ2n) is 5.98. The van der Waals surface area contributed by atoms with Gasteiger partial charge in [0.2, 0.25) is 0 Å². The minimum absolute atomic E-state index is 0.0519. The maximum Gasteiger partial charge on any atom is 0.270 e. The van der Waals surface area contributed by atoms with Gasteiger partial charge in [-0.25, -0.2) is 4.98 Å². The van der Waals surface area contributed by atoms with E-state index in [1.807, 2.05) is 30.3 Å². The Labute approximate surface area is 148 Å². The Morgan fingerprint density at radius 3 is 2.62 bits per heavy atom. The normalized spacial score (nSPS) is 12.6. The monoisotopic (exact) mass is 346 g/mol. The Morgan fingerprint density at radius 1 is 1.12 bits per heavy atom. The summed E-state index contributed by atoms with van der Waals surface area (Å²) in [5, 5.41) is 11.3. The first kappa shape index (κ1) is 15.9. The Bertz CT molecular complexity index is 1120. The molecule has 2 heterocycles. The molecule has 26 heavy (non-hydrogen) atoms. The fourth-order valence-corrected chi connectivity index (χ4v) is 3.12. The van der Waals surface area contributed by atoms with E-state index in [0.29, 0.717) is 28.5 Å². The number of aromatic nitrogens is 2. The van der Waals surface area contributed by atoms with Gasteiger partial charge in [0.15, 0.2) is 0 Å². The van der Waals surface area contributed by atoms with Crippen LogP contribution in [0.25, 0.3) is 5.69 Å². The highest BCUT2D eigenvalue weighted by Gasteiger charge is 2.23. The van der Waals surface area contributed by atoms with Crippen molar-refractivity contribution >= 4 is 11.4 Å². The van der Waals surface area contributed by atoms with Crippen LogP contribution in [0.5, 0.6) is 0 Å². The molecular formula is C19H14N4O3. The van der Waals surface area contributed by atoms with Gasteiger partial charge in [-0.3, -0.25) is 24.5 Å². The number of benzene rings is 2. The molecule has 0 amide bonds. The second-order valence-corrected chi connectivity index (χ2v) is 5.98.